The van der Waals surface area contributed by atoms with Crippen LogP contribution in [0.15, 0.2) is 24.3 Å². The highest BCUT2D eigenvalue weighted by Crippen LogP contribution is 2.29. The maximum Gasteiger partial charge on any atom is 0.416 e. The molecular formula is C18H27BrF3N. The summed E-state index contributed by atoms with van der Waals surface area (Å²) >= 11 is 3.44. The lowest BCUT2D eigenvalue weighted by atomic mass is 10.1. The van der Waals surface area contributed by atoms with E-state index in [1.165, 1.54) is 63.5 Å². The number of anilines is 1. The van der Waals surface area contributed by atoms with Crippen molar-refractivity contribution in [3.05, 3.63) is 29.8 Å². The number of benzene rings is 1. The lowest BCUT2D eigenvalue weighted by Gasteiger charge is -2.09. The average molecular weight is 394 g/mol. The number of rotatable bonds is 12. The fourth-order valence-corrected chi connectivity index (χ4v) is 2.86. The van der Waals surface area contributed by atoms with E-state index in [0.717, 1.165) is 36.1 Å². The minimum absolute atomic E-state index is 0.598. The zero-order valence-corrected chi connectivity index (χ0v) is 15.2. The lowest BCUT2D eigenvalue weighted by Crippen LogP contribution is -2.05. The number of hydrogen-bond donors (Lipinski definition) is 1. The van der Waals surface area contributed by atoms with Crippen LogP contribution in [-0.2, 0) is 6.18 Å². The third kappa shape index (κ3) is 9.90. The Morgan fingerprint density at radius 1 is 0.739 bits per heavy atom. The van der Waals surface area contributed by atoms with Crippen molar-refractivity contribution in [1.29, 1.82) is 0 Å². The number of unbranched alkanes of at least 4 members (excludes halogenated alkanes) is 8. The first-order chi connectivity index (χ1) is 11.0. The first-order valence-electron chi connectivity index (χ1n) is 8.51. The molecule has 0 fully saturated rings. The molecule has 5 heteroatoms. The molecule has 0 aromatic heterocycles. The fraction of sp³-hybridized carbons (Fsp3) is 0.667. The van der Waals surface area contributed by atoms with Gasteiger partial charge in [-0.3, -0.25) is 0 Å². The average Bonchev–Trinajstić information content (AvgIpc) is 2.52. The van der Waals surface area contributed by atoms with Gasteiger partial charge in [-0.2, -0.15) is 13.2 Å². The molecule has 1 aromatic carbocycles. The molecule has 0 aliphatic carbocycles. The Morgan fingerprint density at radius 3 is 1.70 bits per heavy atom. The second-order valence-corrected chi connectivity index (χ2v) is 6.67. The second kappa shape index (κ2) is 11.8. The van der Waals surface area contributed by atoms with E-state index in [0.29, 0.717) is 0 Å². The standard InChI is InChI=1S/C18H27BrF3N/c19-14-8-6-4-2-1-3-5-7-9-15-23-17-12-10-16(11-13-17)18(20,21)22/h10-13,23H,1-9,14-15H2. The highest BCUT2D eigenvalue weighted by Gasteiger charge is 2.29. The van der Waals surface area contributed by atoms with Crippen molar-refractivity contribution >= 4 is 21.6 Å². The molecule has 0 aliphatic heterocycles. The Hall–Kier alpha value is -0.710. The van der Waals surface area contributed by atoms with Gasteiger partial charge in [0, 0.05) is 17.6 Å². The molecule has 1 rings (SSSR count). The van der Waals surface area contributed by atoms with Gasteiger partial charge in [0.2, 0.25) is 0 Å². The van der Waals surface area contributed by atoms with Crippen molar-refractivity contribution in [2.45, 2.75) is 64.0 Å². The van der Waals surface area contributed by atoms with Crippen LogP contribution in [0.3, 0.4) is 0 Å². The summed E-state index contributed by atoms with van der Waals surface area (Å²) in [6.07, 6.45) is 7.08. The van der Waals surface area contributed by atoms with Crippen LogP contribution in [0.1, 0.15) is 63.4 Å². The van der Waals surface area contributed by atoms with E-state index in [1.807, 2.05) is 0 Å². The third-order valence-corrected chi connectivity index (χ3v) is 4.41. The molecule has 0 spiro atoms. The van der Waals surface area contributed by atoms with Gasteiger partial charge < -0.3 is 5.32 Å². The number of halogens is 4. The van der Waals surface area contributed by atoms with Crippen molar-refractivity contribution in [2.24, 2.45) is 0 Å². The quantitative estimate of drug-likeness (QED) is 0.297. The van der Waals surface area contributed by atoms with Crippen LogP contribution in [0.5, 0.6) is 0 Å². The summed E-state index contributed by atoms with van der Waals surface area (Å²) in [5, 5.41) is 4.29. The van der Waals surface area contributed by atoms with E-state index < -0.39 is 11.7 Å². The second-order valence-electron chi connectivity index (χ2n) is 5.87. The van der Waals surface area contributed by atoms with Crippen molar-refractivity contribution in [3.8, 4) is 0 Å². The zero-order valence-electron chi connectivity index (χ0n) is 13.6. The van der Waals surface area contributed by atoms with Crippen molar-refractivity contribution < 1.29 is 13.2 Å². The van der Waals surface area contributed by atoms with Crippen LogP contribution in [0, 0.1) is 0 Å². The van der Waals surface area contributed by atoms with Crippen LogP contribution >= 0.6 is 15.9 Å². The SMILES string of the molecule is FC(F)(F)c1ccc(NCCCCCCCCCCCBr)cc1. The van der Waals surface area contributed by atoms with Crippen LogP contribution in [0.2, 0.25) is 0 Å². The Kier molecular flexibility index (Phi) is 10.4. The highest BCUT2D eigenvalue weighted by atomic mass is 79.9. The molecule has 1 aromatic rings. The maximum absolute atomic E-state index is 12.4. The summed E-state index contributed by atoms with van der Waals surface area (Å²) in [5.41, 5.74) is 0.156. The maximum atomic E-state index is 12.4. The molecule has 0 unspecified atom stereocenters. The molecule has 0 bridgehead atoms. The summed E-state index contributed by atoms with van der Waals surface area (Å²) < 4.78 is 37.3. The smallest absolute Gasteiger partial charge is 0.385 e. The molecule has 1 N–H and O–H groups in total. The molecule has 1 nitrogen and oxygen atoms in total. The molecule has 0 atom stereocenters. The number of nitrogens with one attached hydrogen (secondary N) is 1. The molecule has 132 valence electrons. The molecule has 0 saturated carbocycles. The zero-order chi connectivity index (χ0) is 17.0. The molecule has 0 amide bonds. The van der Waals surface area contributed by atoms with E-state index in [4.69, 9.17) is 0 Å². The van der Waals surface area contributed by atoms with Crippen molar-refractivity contribution in [1.82, 2.24) is 0 Å². The molecule has 0 radical (unpaired) electrons. The minimum Gasteiger partial charge on any atom is -0.385 e. The lowest BCUT2D eigenvalue weighted by molar-refractivity contribution is -0.137. The van der Waals surface area contributed by atoms with E-state index in [1.54, 1.807) is 0 Å². The molecular weight excluding hydrogens is 367 g/mol. The van der Waals surface area contributed by atoms with Gasteiger partial charge in [0.1, 0.15) is 0 Å². The van der Waals surface area contributed by atoms with Crippen molar-refractivity contribution in [2.75, 3.05) is 17.2 Å². The van der Waals surface area contributed by atoms with E-state index in [9.17, 15) is 13.2 Å². The van der Waals surface area contributed by atoms with E-state index in [-0.39, 0.29) is 0 Å². The van der Waals surface area contributed by atoms with Crippen LogP contribution in [0.4, 0.5) is 18.9 Å². The first kappa shape index (κ1) is 20.3. The number of alkyl halides is 4. The summed E-state index contributed by atoms with van der Waals surface area (Å²) in [4.78, 5) is 0. The normalized spacial score (nSPS) is 11.7. The molecule has 0 aliphatic rings. The largest absolute Gasteiger partial charge is 0.416 e. The Bertz CT molecular complexity index is 404. The van der Waals surface area contributed by atoms with Gasteiger partial charge in [-0.05, 0) is 37.1 Å². The monoisotopic (exact) mass is 393 g/mol. The highest BCUT2D eigenvalue weighted by molar-refractivity contribution is 9.09. The summed E-state index contributed by atoms with van der Waals surface area (Å²) in [7, 11) is 0. The first-order valence-corrected chi connectivity index (χ1v) is 9.63. The molecule has 0 saturated heterocycles. The molecule has 23 heavy (non-hydrogen) atoms. The van der Waals surface area contributed by atoms with Crippen LogP contribution in [0.25, 0.3) is 0 Å². The topological polar surface area (TPSA) is 12.0 Å². The van der Waals surface area contributed by atoms with Crippen LogP contribution in [-0.4, -0.2) is 11.9 Å². The predicted octanol–water partition coefficient (Wildman–Crippen LogP) is 7.02. The van der Waals surface area contributed by atoms with Gasteiger partial charge in [0.15, 0.2) is 0 Å². The summed E-state index contributed by atoms with van der Waals surface area (Å²) in [6, 6.07) is 5.24. The van der Waals surface area contributed by atoms with E-state index >= 15 is 0 Å². The number of hydrogen-bond acceptors (Lipinski definition) is 1. The van der Waals surface area contributed by atoms with Gasteiger partial charge in [0.05, 0.1) is 5.56 Å². The minimum atomic E-state index is -4.26. The fourth-order valence-electron chi connectivity index (χ4n) is 2.47. The van der Waals surface area contributed by atoms with Gasteiger partial charge in [0.25, 0.3) is 0 Å². The van der Waals surface area contributed by atoms with Crippen molar-refractivity contribution in [3.63, 3.8) is 0 Å². The predicted molar refractivity (Wildman–Crippen MR) is 95.3 cm³/mol. The Morgan fingerprint density at radius 2 is 1.22 bits per heavy atom. The third-order valence-electron chi connectivity index (χ3n) is 3.85. The molecule has 0 heterocycles. The Balaban J connectivity index is 1.99. The van der Waals surface area contributed by atoms with Gasteiger partial charge in [-0.15, -0.1) is 0 Å². The van der Waals surface area contributed by atoms with Gasteiger partial charge in [-0.25, -0.2) is 0 Å². The summed E-state index contributed by atoms with van der Waals surface area (Å²) in [6.45, 7) is 0.816. The Labute approximate surface area is 146 Å². The van der Waals surface area contributed by atoms with Gasteiger partial charge >= 0.3 is 6.18 Å². The van der Waals surface area contributed by atoms with E-state index in [2.05, 4.69) is 21.2 Å². The van der Waals surface area contributed by atoms with Crippen LogP contribution < -0.4 is 5.32 Å². The van der Waals surface area contributed by atoms with Gasteiger partial charge in [-0.1, -0.05) is 60.9 Å². The summed E-state index contributed by atoms with van der Waals surface area (Å²) in [5.74, 6) is 0.